The standard InChI is InChI=1S/C33H38F6N4O5/c1-7-8-22-15-24(31(47,32(34,35)36)33(37,38)39)11-14-26(22)41-16-21(5)42(17-20(41)4)27(44)18-43-28(45)30(6,40-29(43)46)23-9-12-25(13-10-23)48-19(2)3/h7-15,19-21,47H,16-18H2,1-6H3,(H,40,46)/t20?,21?,30-/m0/s1. The Bertz CT molecular complexity index is 1560. The van der Waals surface area contributed by atoms with Gasteiger partial charge in [0.2, 0.25) is 5.91 Å². The van der Waals surface area contributed by atoms with Gasteiger partial charge in [-0.15, -0.1) is 0 Å². The highest BCUT2D eigenvalue weighted by molar-refractivity contribution is 6.09. The molecule has 48 heavy (non-hydrogen) atoms. The van der Waals surface area contributed by atoms with E-state index < -0.39 is 65.5 Å². The molecular formula is C33H38F6N4O5. The van der Waals surface area contributed by atoms with E-state index in [4.69, 9.17) is 4.74 Å². The summed E-state index contributed by atoms with van der Waals surface area (Å²) in [6.07, 6.45) is -9.36. The first-order valence-electron chi connectivity index (χ1n) is 15.3. The SMILES string of the molecule is CC=Cc1cc(C(O)(C(F)(F)F)C(F)(F)F)ccc1N1CC(C)N(C(=O)CN2C(=O)N[C@@](C)(c3ccc(OC(C)C)cc3)C2=O)CC1C. The van der Waals surface area contributed by atoms with Crippen LogP contribution in [0.5, 0.6) is 5.75 Å². The number of benzene rings is 2. The molecule has 0 radical (unpaired) electrons. The van der Waals surface area contributed by atoms with E-state index in [-0.39, 0.29) is 24.8 Å². The number of carbonyl (C=O) groups excluding carboxylic acids is 3. The molecule has 2 heterocycles. The van der Waals surface area contributed by atoms with Crippen LogP contribution in [0.2, 0.25) is 0 Å². The highest BCUT2D eigenvalue weighted by atomic mass is 19.4. The van der Waals surface area contributed by atoms with Crippen LogP contribution in [0.3, 0.4) is 0 Å². The maximum absolute atomic E-state index is 13.6. The second-order valence-electron chi connectivity index (χ2n) is 12.5. The van der Waals surface area contributed by atoms with E-state index in [1.165, 1.54) is 30.9 Å². The number of piperazine rings is 1. The lowest BCUT2D eigenvalue weighted by Crippen LogP contribution is -2.60. The van der Waals surface area contributed by atoms with Crippen LogP contribution in [0, 0.1) is 0 Å². The van der Waals surface area contributed by atoms with E-state index in [0.717, 1.165) is 11.0 Å². The Morgan fingerprint density at radius 1 is 1.02 bits per heavy atom. The summed E-state index contributed by atoms with van der Waals surface area (Å²) in [5, 5.41) is 12.6. The van der Waals surface area contributed by atoms with Crippen molar-refractivity contribution in [1.82, 2.24) is 15.1 Å². The molecule has 4 rings (SSSR count). The summed E-state index contributed by atoms with van der Waals surface area (Å²) in [4.78, 5) is 44.0. The van der Waals surface area contributed by atoms with Crippen molar-refractivity contribution in [2.75, 3.05) is 24.5 Å². The number of urea groups is 1. The lowest BCUT2D eigenvalue weighted by Gasteiger charge is -2.46. The third kappa shape index (κ3) is 6.56. The Hall–Kier alpha value is -4.27. The first-order chi connectivity index (χ1) is 22.1. The Balaban J connectivity index is 1.52. The molecule has 0 saturated carbocycles. The summed E-state index contributed by atoms with van der Waals surface area (Å²) in [5.41, 5.74) is -7.10. The van der Waals surface area contributed by atoms with Gasteiger partial charge in [-0.05, 0) is 76.9 Å². The number of hydrogen-bond donors (Lipinski definition) is 2. The van der Waals surface area contributed by atoms with Gasteiger partial charge in [-0.1, -0.05) is 30.4 Å². The van der Waals surface area contributed by atoms with Gasteiger partial charge in [0.1, 0.15) is 17.8 Å². The second kappa shape index (κ2) is 13.0. The molecule has 2 aromatic rings. The summed E-state index contributed by atoms with van der Waals surface area (Å²) < 4.78 is 87.1. The zero-order valence-electron chi connectivity index (χ0n) is 27.2. The molecule has 0 aliphatic carbocycles. The first-order valence-corrected chi connectivity index (χ1v) is 15.3. The number of aliphatic hydroxyl groups is 1. The van der Waals surface area contributed by atoms with E-state index in [2.05, 4.69) is 5.32 Å². The summed E-state index contributed by atoms with van der Waals surface area (Å²) in [6, 6.07) is 7.25. The molecular weight excluding hydrogens is 646 g/mol. The fourth-order valence-corrected chi connectivity index (χ4v) is 6.05. The zero-order chi connectivity index (χ0) is 36.0. The van der Waals surface area contributed by atoms with Crippen LogP contribution in [0.25, 0.3) is 6.08 Å². The molecule has 15 heteroatoms. The van der Waals surface area contributed by atoms with Crippen LogP contribution in [-0.2, 0) is 20.7 Å². The normalized spacial score (nSPS) is 22.6. The number of anilines is 1. The third-order valence-corrected chi connectivity index (χ3v) is 8.60. The zero-order valence-corrected chi connectivity index (χ0v) is 27.2. The molecule has 0 aromatic heterocycles. The molecule has 9 nitrogen and oxygen atoms in total. The molecule has 2 unspecified atom stereocenters. The largest absolute Gasteiger partial charge is 0.491 e. The molecule has 3 atom stereocenters. The summed E-state index contributed by atoms with van der Waals surface area (Å²) in [6.45, 7) is 9.89. The van der Waals surface area contributed by atoms with Crippen molar-refractivity contribution in [2.45, 2.75) is 83.2 Å². The molecule has 2 aliphatic rings. The van der Waals surface area contributed by atoms with Gasteiger partial charge >= 0.3 is 18.4 Å². The Morgan fingerprint density at radius 3 is 2.17 bits per heavy atom. The van der Waals surface area contributed by atoms with Crippen LogP contribution < -0.4 is 15.0 Å². The van der Waals surface area contributed by atoms with Gasteiger partial charge in [0, 0.05) is 36.4 Å². The number of rotatable bonds is 8. The Kier molecular flexibility index (Phi) is 9.88. The number of alkyl halides is 6. The van der Waals surface area contributed by atoms with E-state index in [1.54, 1.807) is 43.0 Å². The minimum Gasteiger partial charge on any atom is -0.491 e. The van der Waals surface area contributed by atoms with Crippen molar-refractivity contribution in [3.8, 4) is 5.75 Å². The molecule has 2 N–H and O–H groups in total. The topological polar surface area (TPSA) is 102 Å². The molecule has 2 fully saturated rings. The quantitative estimate of drug-likeness (QED) is 0.273. The van der Waals surface area contributed by atoms with E-state index >= 15 is 0 Å². The average molecular weight is 685 g/mol. The Morgan fingerprint density at radius 2 is 1.62 bits per heavy atom. The van der Waals surface area contributed by atoms with Crippen molar-refractivity contribution in [3.63, 3.8) is 0 Å². The van der Waals surface area contributed by atoms with Crippen LogP contribution in [0.4, 0.5) is 36.8 Å². The maximum Gasteiger partial charge on any atom is 0.430 e. The number of nitrogens with zero attached hydrogens (tertiary/aromatic N) is 3. The van der Waals surface area contributed by atoms with E-state index in [0.29, 0.717) is 29.1 Å². The summed E-state index contributed by atoms with van der Waals surface area (Å²) >= 11 is 0. The van der Waals surface area contributed by atoms with Gasteiger partial charge in [-0.3, -0.25) is 14.5 Å². The number of ether oxygens (including phenoxy) is 1. The van der Waals surface area contributed by atoms with Gasteiger partial charge in [-0.25, -0.2) is 4.79 Å². The van der Waals surface area contributed by atoms with E-state index in [1.807, 2.05) is 13.8 Å². The Labute approximate surface area is 274 Å². The average Bonchev–Trinajstić information content (AvgIpc) is 3.20. The highest BCUT2D eigenvalue weighted by Crippen LogP contribution is 2.50. The van der Waals surface area contributed by atoms with Gasteiger partial charge in [0.05, 0.1) is 6.10 Å². The molecule has 262 valence electrons. The lowest BCUT2D eigenvalue weighted by atomic mass is 9.89. The van der Waals surface area contributed by atoms with Crippen LogP contribution >= 0.6 is 0 Å². The van der Waals surface area contributed by atoms with Crippen molar-refractivity contribution in [1.29, 1.82) is 0 Å². The van der Waals surface area contributed by atoms with Gasteiger partial charge in [-0.2, -0.15) is 26.3 Å². The number of imide groups is 1. The maximum atomic E-state index is 13.6. The second-order valence-corrected chi connectivity index (χ2v) is 12.5. The third-order valence-electron chi connectivity index (χ3n) is 8.60. The molecule has 0 bridgehead atoms. The van der Waals surface area contributed by atoms with Gasteiger partial charge < -0.3 is 25.0 Å². The van der Waals surface area contributed by atoms with Crippen molar-refractivity contribution in [3.05, 3.63) is 65.2 Å². The number of amides is 4. The van der Waals surface area contributed by atoms with Crippen molar-refractivity contribution in [2.24, 2.45) is 0 Å². The van der Waals surface area contributed by atoms with Crippen molar-refractivity contribution < 1.29 is 50.6 Å². The number of allylic oxidation sites excluding steroid dienone is 1. The predicted molar refractivity (Wildman–Crippen MR) is 165 cm³/mol. The van der Waals surface area contributed by atoms with Gasteiger partial charge in [0.25, 0.3) is 11.5 Å². The monoisotopic (exact) mass is 684 g/mol. The number of carbonyl (C=O) groups is 3. The smallest absolute Gasteiger partial charge is 0.430 e. The lowest BCUT2D eigenvalue weighted by molar-refractivity contribution is -0.376. The minimum atomic E-state index is -6.04. The predicted octanol–water partition coefficient (Wildman–Crippen LogP) is 5.71. The number of hydrogen-bond acceptors (Lipinski definition) is 6. The number of halogens is 6. The van der Waals surface area contributed by atoms with Crippen LogP contribution in [0.1, 0.15) is 58.2 Å². The van der Waals surface area contributed by atoms with Crippen LogP contribution in [0.15, 0.2) is 48.5 Å². The molecule has 2 aliphatic heterocycles. The molecule has 2 saturated heterocycles. The molecule has 4 amide bonds. The minimum absolute atomic E-state index is 0.00294. The molecule has 2 aromatic carbocycles. The van der Waals surface area contributed by atoms with Crippen molar-refractivity contribution >= 4 is 29.6 Å². The van der Waals surface area contributed by atoms with E-state index in [9.17, 15) is 45.8 Å². The summed E-state index contributed by atoms with van der Waals surface area (Å²) in [5.74, 6) is -0.556. The molecule has 0 spiro atoms. The fraction of sp³-hybridized carbons (Fsp3) is 0.485. The fourth-order valence-electron chi connectivity index (χ4n) is 6.05. The highest BCUT2D eigenvalue weighted by Gasteiger charge is 2.71. The van der Waals surface area contributed by atoms with Gasteiger partial charge in [0.15, 0.2) is 0 Å². The summed E-state index contributed by atoms with van der Waals surface area (Å²) in [7, 11) is 0. The number of nitrogens with one attached hydrogen (secondary N) is 1. The van der Waals surface area contributed by atoms with Crippen LogP contribution in [-0.4, -0.2) is 82.9 Å². The first kappa shape index (κ1) is 36.6.